The monoisotopic (exact) mass is 262 g/mol. The number of halogens is 3. The van der Waals surface area contributed by atoms with Crippen LogP contribution in [-0.4, -0.2) is 19.8 Å². The average molecular weight is 262 g/mol. The summed E-state index contributed by atoms with van der Waals surface area (Å²) < 4.78 is 40.8. The zero-order valence-electron chi connectivity index (χ0n) is 10.2. The van der Waals surface area contributed by atoms with Gasteiger partial charge in [-0.1, -0.05) is 0 Å². The maximum atomic E-state index is 11.9. The van der Waals surface area contributed by atoms with Crippen molar-refractivity contribution in [2.45, 2.75) is 25.6 Å². The summed E-state index contributed by atoms with van der Waals surface area (Å²) >= 11 is 0. The first kappa shape index (κ1) is 14.6. The van der Waals surface area contributed by atoms with Gasteiger partial charge in [0.05, 0.1) is 7.11 Å². The number of ether oxygens (including phenoxy) is 1. The first-order chi connectivity index (χ1) is 8.42. The van der Waals surface area contributed by atoms with Crippen molar-refractivity contribution >= 4 is 5.69 Å². The third-order valence-corrected chi connectivity index (χ3v) is 2.48. The molecule has 18 heavy (non-hydrogen) atoms. The normalized spacial score (nSPS) is 11.6. The minimum Gasteiger partial charge on any atom is -0.497 e. The minimum atomic E-state index is -4.09. The highest BCUT2D eigenvalue weighted by Crippen LogP contribution is 2.21. The Morgan fingerprint density at radius 1 is 1.33 bits per heavy atom. The van der Waals surface area contributed by atoms with Crippen LogP contribution in [0.2, 0.25) is 0 Å². The van der Waals surface area contributed by atoms with Crippen LogP contribution in [0.25, 0.3) is 0 Å². The topological polar surface area (TPSA) is 47.3 Å². The second-order valence-corrected chi connectivity index (χ2v) is 3.96. The first-order valence-electron chi connectivity index (χ1n) is 5.62. The van der Waals surface area contributed by atoms with Gasteiger partial charge in [0.2, 0.25) is 0 Å². The van der Waals surface area contributed by atoms with Gasteiger partial charge in [0.15, 0.2) is 0 Å². The smallest absolute Gasteiger partial charge is 0.389 e. The summed E-state index contributed by atoms with van der Waals surface area (Å²) in [7, 11) is 1.55. The van der Waals surface area contributed by atoms with E-state index in [1.807, 2.05) is 0 Å². The van der Waals surface area contributed by atoms with Crippen LogP contribution in [0.1, 0.15) is 18.4 Å². The van der Waals surface area contributed by atoms with Crippen LogP contribution < -0.4 is 15.8 Å². The van der Waals surface area contributed by atoms with Crippen molar-refractivity contribution in [1.82, 2.24) is 5.32 Å². The van der Waals surface area contributed by atoms with Crippen LogP contribution in [-0.2, 0) is 6.54 Å². The Bertz CT molecular complexity index is 380. The predicted octanol–water partition coefficient (Wildman–Crippen LogP) is 2.71. The first-order valence-corrected chi connectivity index (χ1v) is 5.62. The lowest BCUT2D eigenvalue weighted by atomic mass is 10.1. The van der Waals surface area contributed by atoms with Crippen LogP contribution in [0.3, 0.4) is 0 Å². The van der Waals surface area contributed by atoms with Gasteiger partial charge in [-0.15, -0.1) is 0 Å². The van der Waals surface area contributed by atoms with E-state index in [1.54, 1.807) is 25.3 Å². The summed E-state index contributed by atoms with van der Waals surface area (Å²) in [5.74, 6) is 0.677. The van der Waals surface area contributed by atoms with Gasteiger partial charge in [-0.05, 0) is 36.7 Å². The van der Waals surface area contributed by atoms with Crippen molar-refractivity contribution in [3.05, 3.63) is 23.8 Å². The van der Waals surface area contributed by atoms with Gasteiger partial charge < -0.3 is 15.8 Å². The van der Waals surface area contributed by atoms with Crippen LogP contribution in [0.15, 0.2) is 18.2 Å². The Morgan fingerprint density at radius 3 is 2.67 bits per heavy atom. The molecule has 0 aliphatic carbocycles. The lowest BCUT2D eigenvalue weighted by Crippen LogP contribution is -2.18. The summed E-state index contributed by atoms with van der Waals surface area (Å²) in [4.78, 5) is 0. The summed E-state index contributed by atoms with van der Waals surface area (Å²) in [6.45, 7) is 0.733. The Kier molecular flexibility index (Phi) is 5.27. The fourth-order valence-electron chi connectivity index (χ4n) is 1.50. The molecule has 0 unspecified atom stereocenters. The van der Waals surface area contributed by atoms with E-state index in [9.17, 15) is 13.2 Å². The van der Waals surface area contributed by atoms with Crippen molar-refractivity contribution < 1.29 is 17.9 Å². The molecular weight excluding hydrogens is 245 g/mol. The number of nitrogens with two attached hydrogens (primary N) is 1. The Morgan fingerprint density at radius 2 is 2.06 bits per heavy atom. The molecule has 1 aromatic rings. The molecular formula is C12H17F3N2O. The molecule has 6 heteroatoms. The molecule has 0 fully saturated rings. The Labute approximate surface area is 104 Å². The number of hydrogen-bond donors (Lipinski definition) is 2. The number of nitrogen functional groups attached to an aromatic ring is 1. The van der Waals surface area contributed by atoms with Crippen molar-refractivity contribution in [2.75, 3.05) is 19.4 Å². The number of rotatable bonds is 6. The van der Waals surface area contributed by atoms with E-state index in [-0.39, 0.29) is 6.42 Å². The highest BCUT2D eigenvalue weighted by atomic mass is 19.4. The number of hydrogen-bond acceptors (Lipinski definition) is 3. The molecule has 0 aliphatic rings. The molecule has 1 rings (SSSR count). The van der Waals surface area contributed by atoms with Gasteiger partial charge in [0.1, 0.15) is 5.75 Å². The highest BCUT2D eigenvalue weighted by molar-refractivity contribution is 5.50. The molecule has 0 heterocycles. The van der Waals surface area contributed by atoms with Gasteiger partial charge in [-0.3, -0.25) is 0 Å². The molecule has 0 saturated heterocycles. The molecule has 0 bridgehead atoms. The molecule has 102 valence electrons. The summed E-state index contributed by atoms with van der Waals surface area (Å²) in [5, 5.41) is 2.93. The second-order valence-electron chi connectivity index (χ2n) is 3.96. The Balaban J connectivity index is 2.35. The number of methoxy groups -OCH3 is 1. The van der Waals surface area contributed by atoms with E-state index < -0.39 is 12.6 Å². The second kappa shape index (κ2) is 6.49. The molecule has 0 spiro atoms. The van der Waals surface area contributed by atoms with Gasteiger partial charge in [-0.2, -0.15) is 13.2 Å². The molecule has 3 nitrogen and oxygen atoms in total. The number of anilines is 1. The van der Waals surface area contributed by atoms with Gasteiger partial charge in [-0.25, -0.2) is 0 Å². The van der Waals surface area contributed by atoms with Crippen molar-refractivity contribution in [3.63, 3.8) is 0 Å². The van der Waals surface area contributed by atoms with Crippen LogP contribution in [0, 0.1) is 0 Å². The highest BCUT2D eigenvalue weighted by Gasteiger charge is 2.25. The molecule has 0 amide bonds. The molecule has 0 aromatic heterocycles. The third-order valence-electron chi connectivity index (χ3n) is 2.48. The van der Waals surface area contributed by atoms with Crippen LogP contribution in [0.5, 0.6) is 5.75 Å². The van der Waals surface area contributed by atoms with E-state index >= 15 is 0 Å². The van der Waals surface area contributed by atoms with Gasteiger partial charge >= 0.3 is 6.18 Å². The van der Waals surface area contributed by atoms with E-state index in [0.717, 1.165) is 5.56 Å². The quantitative estimate of drug-likeness (QED) is 0.612. The van der Waals surface area contributed by atoms with Crippen molar-refractivity contribution in [2.24, 2.45) is 0 Å². The third kappa shape index (κ3) is 5.27. The predicted molar refractivity (Wildman–Crippen MR) is 64.4 cm³/mol. The number of nitrogens with one attached hydrogen (secondary N) is 1. The molecule has 3 N–H and O–H groups in total. The summed E-state index contributed by atoms with van der Waals surface area (Å²) in [6, 6.07) is 5.22. The van der Waals surface area contributed by atoms with Crippen LogP contribution >= 0.6 is 0 Å². The fourth-order valence-corrected chi connectivity index (χ4v) is 1.50. The zero-order valence-corrected chi connectivity index (χ0v) is 10.2. The lowest BCUT2D eigenvalue weighted by molar-refractivity contribution is -0.135. The van der Waals surface area contributed by atoms with Gasteiger partial charge in [0, 0.05) is 18.7 Å². The minimum absolute atomic E-state index is 0.0629. The molecule has 1 aromatic carbocycles. The average Bonchev–Trinajstić information content (AvgIpc) is 2.29. The largest absolute Gasteiger partial charge is 0.497 e. The molecule has 0 atom stereocenters. The number of alkyl halides is 3. The van der Waals surface area contributed by atoms with Crippen molar-refractivity contribution in [3.8, 4) is 5.75 Å². The summed E-state index contributed by atoms with van der Waals surface area (Å²) in [6.07, 6.45) is -4.79. The molecule has 0 aliphatic heterocycles. The van der Waals surface area contributed by atoms with Crippen LogP contribution in [0.4, 0.5) is 18.9 Å². The number of benzene rings is 1. The molecule has 0 saturated carbocycles. The SMILES string of the molecule is COc1ccc(N)c(CNCCCC(F)(F)F)c1. The maximum Gasteiger partial charge on any atom is 0.389 e. The van der Waals surface area contributed by atoms with E-state index in [2.05, 4.69) is 5.32 Å². The van der Waals surface area contributed by atoms with Gasteiger partial charge in [0.25, 0.3) is 0 Å². The zero-order chi connectivity index (χ0) is 13.6. The standard InChI is InChI=1S/C12H17F3N2O/c1-18-10-3-4-11(16)9(7-10)8-17-6-2-5-12(13,14)15/h3-4,7,17H,2,5-6,8,16H2,1H3. The van der Waals surface area contributed by atoms with Crippen molar-refractivity contribution in [1.29, 1.82) is 0 Å². The fraction of sp³-hybridized carbons (Fsp3) is 0.500. The van der Waals surface area contributed by atoms with E-state index in [1.165, 1.54) is 0 Å². The van der Waals surface area contributed by atoms with E-state index in [0.29, 0.717) is 24.5 Å². The van der Waals surface area contributed by atoms with E-state index in [4.69, 9.17) is 10.5 Å². The molecule has 0 radical (unpaired) electrons. The maximum absolute atomic E-state index is 11.9. The lowest BCUT2D eigenvalue weighted by Gasteiger charge is -2.10. The summed E-state index contributed by atoms with van der Waals surface area (Å²) in [5.41, 5.74) is 7.17. The Hall–Kier alpha value is -1.43.